The third-order valence-corrected chi connectivity index (χ3v) is 3.44. The van der Waals surface area contributed by atoms with E-state index in [1.165, 1.54) is 18.2 Å². The van der Waals surface area contributed by atoms with E-state index in [9.17, 15) is 13.2 Å². The van der Waals surface area contributed by atoms with Gasteiger partial charge in [0.2, 0.25) is 0 Å². The molecule has 0 N–H and O–H groups in total. The van der Waals surface area contributed by atoms with Crippen LogP contribution in [0.15, 0.2) is 46.9 Å². The van der Waals surface area contributed by atoms with Gasteiger partial charge in [0.15, 0.2) is 0 Å². The zero-order valence-corrected chi connectivity index (χ0v) is 12.0. The Morgan fingerprint density at radius 1 is 0.950 bits per heavy atom. The molecule has 0 heterocycles. The summed E-state index contributed by atoms with van der Waals surface area (Å²) in [6.07, 6.45) is 1.49. The van der Waals surface area contributed by atoms with E-state index in [1.54, 1.807) is 24.3 Å². The molecule has 2 aromatic rings. The molecule has 0 saturated carbocycles. The summed E-state index contributed by atoms with van der Waals surface area (Å²) in [5.74, 6) is -0.143. The number of hydrogen-bond donors (Lipinski definition) is 0. The molecule has 0 bridgehead atoms. The molecule has 106 valence electrons. The van der Waals surface area contributed by atoms with Gasteiger partial charge in [-0.3, -0.25) is 0 Å². The normalized spacial score (nSPS) is 10.8. The molecule has 0 amide bonds. The minimum Gasteiger partial charge on any atom is -0.435 e. The second kappa shape index (κ2) is 6.79. The van der Waals surface area contributed by atoms with Crippen LogP contribution in [-0.4, -0.2) is 6.61 Å². The van der Waals surface area contributed by atoms with Crippen LogP contribution in [-0.2, 0) is 12.8 Å². The van der Waals surface area contributed by atoms with Crippen molar-refractivity contribution in [3.63, 3.8) is 0 Å². The highest BCUT2D eigenvalue weighted by Gasteiger charge is 2.04. The Balaban J connectivity index is 1.95. The van der Waals surface area contributed by atoms with Gasteiger partial charge in [-0.25, -0.2) is 4.39 Å². The van der Waals surface area contributed by atoms with Crippen LogP contribution in [0.25, 0.3) is 0 Å². The number of ether oxygens (including phenoxy) is 1. The zero-order chi connectivity index (χ0) is 14.5. The molecule has 0 radical (unpaired) electrons. The SMILES string of the molecule is Fc1ccc(CCc2ccc(OC(F)F)cc2)cc1Br. The summed E-state index contributed by atoms with van der Waals surface area (Å²) >= 11 is 3.14. The number of rotatable bonds is 5. The van der Waals surface area contributed by atoms with Crippen LogP contribution >= 0.6 is 15.9 Å². The van der Waals surface area contributed by atoms with Crippen LogP contribution in [0.5, 0.6) is 5.75 Å². The molecule has 0 aromatic heterocycles. The summed E-state index contributed by atoms with van der Waals surface area (Å²) in [6, 6.07) is 11.4. The van der Waals surface area contributed by atoms with Crippen molar-refractivity contribution in [1.82, 2.24) is 0 Å². The monoisotopic (exact) mass is 344 g/mol. The first-order valence-electron chi connectivity index (χ1n) is 6.02. The van der Waals surface area contributed by atoms with E-state index in [4.69, 9.17) is 0 Å². The van der Waals surface area contributed by atoms with Gasteiger partial charge in [-0.2, -0.15) is 8.78 Å². The van der Waals surface area contributed by atoms with Crippen LogP contribution < -0.4 is 4.74 Å². The molecule has 0 spiro atoms. The summed E-state index contributed by atoms with van der Waals surface area (Å²) in [5, 5.41) is 0. The molecule has 0 aliphatic carbocycles. The maximum absolute atomic E-state index is 13.1. The Hall–Kier alpha value is -1.49. The molecule has 0 fully saturated rings. The molecule has 0 aliphatic heterocycles. The summed E-state index contributed by atoms with van der Waals surface area (Å²) in [7, 11) is 0. The Morgan fingerprint density at radius 2 is 1.55 bits per heavy atom. The minimum absolute atomic E-state index is 0.147. The second-order valence-electron chi connectivity index (χ2n) is 4.27. The first-order chi connectivity index (χ1) is 9.54. The molecule has 20 heavy (non-hydrogen) atoms. The van der Waals surface area contributed by atoms with E-state index in [1.807, 2.05) is 0 Å². The fourth-order valence-corrected chi connectivity index (χ4v) is 2.25. The molecule has 5 heteroatoms. The van der Waals surface area contributed by atoms with E-state index >= 15 is 0 Å². The average molecular weight is 345 g/mol. The Labute approximate surface area is 123 Å². The Bertz CT molecular complexity index is 570. The highest BCUT2D eigenvalue weighted by Crippen LogP contribution is 2.19. The number of aryl methyl sites for hydroxylation is 2. The number of hydrogen-bond acceptors (Lipinski definition) is 1. The summed E-state index contributed by atoms with van der Waals surface area (Å²) < 4.78 is 41.8. The van der Waals surface area contributed by atoms with Crippen LogP contribution in [0.4, 0.5) is 13.2 Å². The van der Waals surface area contributed by atoms with Gasteiger partial charge in [0, 0.05) is 0 Å². The van der Waals surface area contributed by atoms with Crippen LogP contribution in [0.2, 0.25) is 0 Å². The standard InChI is InChI=1S/C15H12BrF3O/c16-13-9-11(5-8-14(13)17)2-1-10-3-6-12(7-4-10)20-15(18)19/h3-9,15H,1-2H2. The van der Waals surface area contributed by atoms with Crippen molar-refractivity contribution < 1.29 is 17.9 Å². The maximum atomic E-state index is 13.1. The van der Waals surface area contributed by atoms with Crippen LogP contribution in [0.3, 0.4) is 0 Å². The smallest absolute Gasteiger partial charge is 0.387 e. The highest BCUT2D eigenvalue weighted by atomic mass is 79.9. The quantitative estimate of drug-likeness (QED) is 0.743. The van der Waals surface area contributed by atoms with Gasteiger partial charge in [0.1, 0.15) is 11.6 Å². The van der Waals surface area contributed by atoms with Crippen molar-refractivity contribution in [3.8, 4) is 5.75 Å². The lowest BCUT2D eigenvalue weighted by Gasteiger charge is -2.06. The lowest BCUT2D eigenvalue weighted by Crippen LogP contribution is -2.01. The van der Waals surface area contributed by atoms with E-state index in [0.717, 1.165) is 24.0 Å². The second-order valence-corrected chi connectivity index (χ2v) is 5.13. The molecule has 0 atom stereocenters. The van der Waals surface area contributed by atoms with Crippen molar-refractivity contribution in [3.05, 3.63) is 63.9 Å². The third kappa shape index (κ3) is 4.27. The fraction of sp³-hybridized carbons (Fsp3) is 0.200. The zero-order valence-electron chi connectivity index (χ0n) is 10.5. The first-order valence-corrected chi connectivity index (χ1v) is 6.81. The molecule has 2 aromatic carbocycles. The molecule has 0 aliphatic rings. The van der Waals surface area contributed by atoms with Gasteiger partial charge in [-0.1, -0.05) is 18.2 Å². The average Bonchev–Trinajstić information content (AvgIpc) is 2.41. The van der Waals surface area contributed by atoms with Gasteiger partial charge in [0.05, 0.1) is 4.47 Å². The van der Waals surface area contributed by atoms with E-state index in [2.05, 4.69) is 20.7 Å². The number of halogens is 4. The van der Waals surface area contributed by atoms with Crippen LogP contribution in [0, 0.1) is 5.82 Å². The predicted octanol–water partition coefficient (Wildman–Crippen LogP) is 4.97. The predicted molar refractivity (Wildman–Crippen MR) is 74.6 cm³/mol. The molecule has 0 unspecified atom stereocenters. The largest absolute Gasteiger partial charge is 0.435 e. The molecular formula is C15H12BrF3O. The van der Waals surface area contributed by atoms with Gasteiger partial charge < -0.3 is 4.74 Å². The lowest BCUT2D eigenvalue weighted by atomic mass is 10.0. The Kier molecular flexibility index (Phi) is 5.06. The highest BCUT2D eigenvalue weighted by molar-refractivity contribution is 9.10. The van der Waals surface area contributed by atoms with Crippen LogP contribution in [0.1, 0.15) is 11.1 Å². The van der Waals surface area contributed by atoms with Crippen molar-refractivity contribution in [1.29, 1.82) is 0 Å². The van der Waals surface area contributed by atoms with Crippen molar-refractivity contribution >= 4 is 15.9 Å². The fourth-order valence-electron chi connectivity index (χ4n) is 1.82. The maximum Gasteiger partial charge on any atom is 0.387 e. The Morgan fingerprint density at radius 3 is 2.15 bits per heavy atom. The lowest BCUT2D eigenvalue weighted by molar-refractivity contribution is -0.0498. The number of alkyl halides is 2. The third-order valence-electron chi connectivity index (χ3n) is 2.83. The first kappa shape index (κ1) is 14.9. The van der Waals surface area contributed by atoms with Gasteiger partial charge >= 0.3 is 6.61 Å². The minimum atomic E-state index is -2.81. The summed E-state index contributed by atoms with van der Waals surface area (Å²) in [6.45, 7) is -2.81. The number of benzene rings is 2. The van der Waals surface area contributed by atoms with Gasteiger partial charge in [-0.05, 0) is 64.2 Å². The molecule has 1 nitrogen and oxygen atoms in total. The van der Waals surface area contributed by atoms with Crippen molar-refractivity contribution in [2.45, 2.75) is 19.5 Å². The van der Waals surface area contributed by atoms with Gasteiger partial charge in [0.25, 0.3) is 0 Å². The molecule has 0 saturated heterocycles. The van der Waals surface area contributed by atoms with Gasteiger partial charge in [-0.15, -0.1) is 0 Å². The van der Waals surface area contributed by atoms with Crippen molar-refractivity contribution in [2.75, 3.05) is 0 Å². The summed E-state index contributed by atoms with van der Waals surface area (Å²) in [4.78, 5) is 0. The topological polar surface area (TPSA) is 9.23 Å². The van der Waals surface area contributed by atoms with E-state index in [-0.39, 0.29) is 11.6 Å². The van der Waals surface area contributed by atoms with E-state index in [0.29, 0.717) is 4.47 Å². The van der Waals surface area contributed by atoms with Crippen molar-refractivity contribution in [2.24, 2.45) is 0 Å². The summed E-state index contributed by atoms with van der Waals surface area (Å²) in [5.41, 5.74) is 2.01. The molecular weight excluding hydrogens is 333 g/mol. The molecule has 2 rings (SSSR count). The van der Waals surface area contributed by atoms with E-state index < -0.39 is 6.61 Å².